The van der Waals surface area contributed by atoms with Gasteiger partial charge in [-0.25, -0.2) is 0 Å². The average molecular weight is 224 g/mol. The van der Waals surface area contributed by atoms with E-state index in [1.807, 2.05) is 19.9 Å². The van der Waals surface area contributed by atoms with E-state index >= 15 is 0 Å². The molecule has 0 saturated heterocycles. The highest BCUT2D eigenvalue weighted by Gasteiger charge is 1.99. The number of unbranched alkanes of at least 4 members (excludes halogenated alkanes) is 3. The molecule has 2 nitrogen and oxygen atoms in total. The molecule has 0 aromatic carbocycles. The van der Waals surface area contributed by atoms with Crippen LogP contribution in [0.15, 0.2) is 17.4 Å². The molecular weight excluding hydrogens is 200 g/mol. The van der Waals surface area contributed by atoms with Gasteiger partial charge < -0.3 is 4.74 Å². The molecule has 0 rings (SSSR count). The molecule has 0 bridgehead atoms. The lowest BCUT2D eigenvalue weighted by Crippen LogP contribution is -2.05. The summed E-state index contributed by atoms with van der Waals surface area (Å²) in [5.41, 5.74) is 4.14. The van der Waals surface area contributed by atoms with E-state index in [1.54, 1.807) is 0 Å². The molecule has 0 atom stereocenters. The Morgan fingerprint density at radius 2 is 2.00 bits per heavy atom. The van der Waals surface area contributed by atoms with Gasteiger partial charge in [-0.3, -0.25) is 4.79 Å². The van der Waals surface area contributed by atoms with Crippen molar-refractivity contribution in [1.29, 1.82) is 0 Å². The van der Waals surface area contributed by atoms with Crippen molar-refractivity contribution in [1.82, 2.24) is 0 Å². The minimum absolute atomic E-state index is 0.116. The fraction of sp³-hybridized carbons (Fsp3) is 0.714. The highest BCUT2D eigenvalue weighted by atomic mass is 16.5. The summed E-state index contributed by atoms with van der Waals surface area (Å²) in [4.78, 5) is 11.1. The SMILES string of the molecule is CCCCCC=C=C(C)COC(=O)CCC. The van der Waals surface area contributed by atoms with Gasteiger partial charge in [0.2, 0.25) is 0 Å². The Labute approximate surface area is 99.4 Å². The highest BCUT2D eigenvalue weighted by molar-refractivity contribution is 5.69. The maximum absolute atomic E-state index is 11.1. The Hall–Kier alpha value is -1.01. The van der Waals surface area contributed by atoms with E-state index in [-0.39, 0.29) is 5.97 Å². The van der Waals surface area contributed by atoms with Gasteiger partial charge in [-0.05, 0) is 32.3 Å². The Morgan fingerprint density at radius 1 is 1.25 bits per heavy atom. The normalized spacial score (nSPS) is 9.44. The van der Waals surface area contributed by atoms with E-state index in [0.29, 0.717) is 13.0 Å². The summed E-state index contributed by atoms with van der Waals surface area (Å²) in [5.74, 6) is -0.116. The predicted octanol–water partition coefficient (Wildman–Crippen LogP) is 4.01. The van der Waals surface area contributed by atoms with Gasteiger partial charge >= 0.3 is 5.97 Å². The summed E-state index contributed by atoms with van der Waals surface area (Å²) in [6.45, 7) is 6.48. The summed E-state index contributed by atoms with van der Waals surface area (Å²) in [6.07, 6.45) is 8.18. The number of hydrogen-bond acceptors (Lipinski definition) is 2. The van der Waals surface area contributed by atoms with Crippen molar-refractivity contribution >= 4 is 5.97 Å². The van der Waals surface area contributed by atoms with Crippen molar-refractivity contribution < 1.29 is 9.53 Å². The summed E-state index contributed by atoms with van der Waals surface area (Å²) in [7, 11) is 0. The van der Waals surface area contributed by atoms with Crippen molar-refractivity contribution in [3.8, 4) is 0 Å². The van der Waals surface area contributed by atoms with E-state index in [1.165, 1.54) is 19.3 Å². The minimum Gasteiger partial charge on any atom is -0.460 e. The second kappa shape index (κ2) is 10.5. The van der Waals surface area contributed by atoms with Crippen molar-refractivity contribution in [2.75, 3.05) is 6.61 Å². The van der Waals surface area contributed by atoms with Crippen molar-refractivity contribution in [3.05, 3.63) is 17.4 Å². The number of rotatable bonds is 8. The zero-order chi connectivity index (χ0) is 12.2. The highest BCUT2D eigenvalue weighted by Crippen LogP contribution is 2.00. The van der Waals surface area contributed by atoms with Crippen molar-refractivity contribution in [3.63, 3.8) is 0 Å². The first kappa shape index (κ1) is 15.0. The van der Waals surface area contributed by atoms with Crippen LogP contribution in [0.3, 0.4) is 0 Å². The van der Waals surface area contributed by atoms with Crippen molar-refractivity contribution in [2.24, 2.45) is 0 Å². The van der Waals surface area contributed by atoms with E-state index in [4.69, 9.17) is 4.74 Å². The molecular formula is C14H24O2. The Bertz CT molecular complexity index is 247. The monoisotopic (exact) mass is 224 g/mol. The van der Waals surface area contributed by atoms with Gasteiger partial charge in [-0.15, -0.1) is 5.73 Å². The first-order chi connectivity index (χ1) is 7.70. The van der Waals surface area contributed by atoms with Crippen molar-refractivity contribution in [2.45, 2.75) is 59.3 Å². The molecule has 0 aliphatic heterocycles. The molecule has 0 aromatic rings. The largest absolute Gasteiger partial charge is 0.460 e. The van der Waals surface area contributed by atoms with Gasteiger partial charge in [0.1, 0.15) is 6.61 Å². The molecule has 0 heterocycles. The summed E-state index contributed by atoms with van der Waals surface area (Å²) in [6, 6.07) is 0. The van der Waals surface area contributed by atoms with Gasteiger partial charge in [0, 0.05) is 12.0 Å². The number of hydrogen-bond donors (Lipinski definition) is 0. The number of esters is 1. The number of carbonyl (C=O) groups excluding carboxylic acids is 1. The lowest BCUT2D eigenvalue weighted by Gasteiger charge is -2.01. The van der Waals surface area contributed by atoms with E-state index in [2.05, 4.69) is 12.7 Å². The molecule has 0 saturated carbocycles. The number of ether oxygens (including phenoxy) is 1. The number of carbonyl (C=O) groups is 1. The average Bonchev–Trinajstić information content (AvgIpc) is 2.26. The molecule has 0 aromatic heterocycles. The van der Waals surface area contributed by atoms with Crippen LogP contribution in [0.4, 0.5) is 0 Å². The van der Waals surface area contributed by atoms with Crippen LogP contribution in [0.2, 0.25) is 0 Å². The van der Waals surface area contributed by atoms with Gasteiger partial charge in [-0.2, -0.15) is 0 Å². The molecule has 0 spiro atoms. The molecule has 0 aliphatic carbocycles. The topological polar surface area (TPSA) is 26.3 Å². The smallest absolute Gasteiger partial charge is 0.306 e. The third-order valence-corrected chi connectivity index (χ3v) is 2.20. The maximum atomic E-state index is 11.1. The molecule has 0 unspecified atom stereocenters. The third kappa shape index (κ3) is 9.54. The molecule has 0 fully saturated rings. The first-order valence-electron chi connectivity index (χ1n) is 6.27. The molecule has 0 amide bonds. The zero-order valence-corrected chi connectivity index (χ0v) is 10.8. The van der Waals surface area contributed by atoms with Crippen LogP contribution in [0.25, 0.3) is 0 Å². The molecule has 0 N–H and O–H groups in total. The van der Waals surface area contributed by atoms with Crippen LogP contribution in [-0.4, -0.2) is 12.6 Å². The second-order valence-corrected chi connectivity index (χ2v) is 4.04. The Kier molecular flexibility index (Phi) is 9.84. The van der Waals surface area contributed by atoms with Crippen LogP contribution < -0.4 is 0 Å². The molecule has 0 aliphatic rings. The van der Waals surface area contributed by atoms with Crippen LogP contribution in [0.5, 0.6) is 0 Å². The minimum atomic E-state index is -0.116. The Morgan fingerprint density at radius 3 is 2.62 bits per heavy atom. The summed E-state index contributed by atoms with van der Waals surface area (Å²) in [5, 5.41) is 0. The van der Waals surface area contributed by atoms with Gasteiger partial charge in [0.15, 0.2) is 0 Å². The molecule has 0 radical (unpaired) electrons. The van der Waals surface area contributed by atoms with Crippen LogP contribution in [0.1, 0.15) is 59.3 Å². The lowest BCUT2D eigenvalue weighted by molar-refractivity contribution is -0.142. The fourth-order valence-electron chi connectivity index (χ4n) is 1.25. The predicted molar refractivity (Wildman–Crippen MR) is 67.3 cm³/mol. The van der Waals surface area contributed by atoms with Gasteiger partial charge in [-0.1, -0.05) is 26.7 Å². The Balaban J connectivity index is 3.73. The van der Waals surface area contributed by atoms with Gasteiger partial charge in [0.05, 0.1) is 0 Å². The van der Waals surface area contributed by atoms with Gasteiger partial charge in [0.25, 0.3) is 0 Å². The van der Waals surface area contributed by atoms with E-state index in [9.17, 15) is 4.79 Å². The van der Waals surface area contributed by atoms with Crippen LogP contribution >= 0.6 is 0 Å². The molecule has 16 heavy (non-hydrogen) atoms. The second-order valence-electron chi connectivity index (χ2n) is 4.04. The molecule has 2 heteroatoms. The van der Waals surface area contributed by atoms with E-state index in [0.717, 1.165) is 18.4 Å². The first-order valence-corrected chi connectivity index (χ1v) is 6.27. The standard InChI is InChI=1S/C14H24O2/c1-4-6-7-8-9-11-13(3)12-16-14(15)10-5-2/h9H,4-8,10,12H2,1-3H3. The summed E-state index contributed by atoms with van der Waals surface area (Å²) < 4.78 is 5.06. The quantitative estimate of drug-likeness (QED) is 0.354. The summed E-state index contributed by atoms with van der Waals surface area (Å²) >= 11 is 0. The van der Waals surface area contributed by atoms with Crippen LogP contribution in [-0.2, 0) is 9.53 Å². The molecule has 92 valence electrons. The maximum Gasteiger partial charge on any atom is 0.306 e. The fourth-order valence-corrected chi connectivity index (χ4v) is 1.25. The third-order valence-electron chi connectivity index (χ3n) is 2.20. The zero-order valence-electron chi connectivity index (χ0n) is 10.8. The van der Waals surface area contributed by atoms with Crippen LogP contribution in [0, 0.1) is 0 Å². The lowest BCUT2D eigenvalue weighted by atomic mass is 10.2. The van der Waals surface area contributed by atoms with E-state index < -0.39 is 0 Å².